The molecule has 0 aromatic rings. The number of nitrogens with one attached hydrogen (secondary N) is 1. The van der Waals surface area contributed by atoms with E-state index in [9.17, 15) is 0 Å². The predicted molar refractivity (Wildman–Crippen MR) is 49.5 cm³/mol. The Labute approximate surface area is 71.8 Å². The van der Waals surface area contributed by atoms with E-state index in [1.807, 2.05) is 6.92 Å². The van der Waals surface area contributed by atoms with Crippen LogP contribution in [0.15, 0.2) is 5.10 Å². The fourth-order valence-corrected chi connectivity index (χ4v) is 0.459. The molecule has 0 radical (unpaired) electrons. The van der Waals surface area contributed by atoms with Crippen LogP contribution in [0.3, 0.4) is 0 Å². The molecule has 5 heteroatoms. The Morgan fingerprint density at radius 2 is 2.55 bits per heavy atom. The Kier molecular flexibility index (Phi) is 5.68. The molecule has 0 aliphatic rings. The van der Waals surface area contributed by atoms with Crippen molar-refractivity contribution in [3.05, 3.63) is 0 Å². The van der Waals surface area contributed by atoms with Crippen LogP contribution in [0.4, 0.5) is 0 Å². The lowest BCUT2D eigenvalue weighted by Crippen LogP contribution is -2.24. The van der Waals surface area contributed by atoms with Crippen LogP contribution in [0.25, 0.3) is 0 Å². The van der Waals surface area contributed by atoms with Gasteiger partial charge in [0.15, 0.2) is 5.11 Å². The van der Waals surface area contributed by atoms with Crippen molar-refractivity contribution in [2.75, 3.05) is 7.11 Å². The molecule has 0 spiro atoms. The highest BCUT2D eigenvalue weighted by Crippen LogP contribution is 1.90. The van der Waals surface area contributed by atoms with E-state index in [1.165, 1.54) is 0 Å². The minimum atomic E-state index is 0.173. The lowest BCUT2D eigenvalue weighted by molar-refractivity contribution is 0.125. The number of hydrogen-bond acceptors (Lipinski definition) is 3. The topological polar surface area (TPSA) is 59.6 Å². The van der Waals surface area contributed by atoms with E-state index in [0.29, 0.717) is 0 Å². The van der Waals surface area contributed by atoms with Crippen LogP contribution in [0.1, 0.15) is 13.3 Å². The fourth-order valence-electron chi connectivity index (χ4n) is 0.407. The Hall–Kier alpha value is -0.680. The molecular formula is C6H13N3OS. The van der Waals surface area contributed by atoms with E-state index >= 15 is 0 Å². The summed E-state index contributed by atoms with van der Waals surface area (Å²) in [4.78, 5) is 0. The van der Waals surface area contributed by atoms with Crippen molar-refractivity contribution < 1.29 is 4.74 Å². The van der Waals surface area contributed by atoms with E-state index in [2.05, 4.69) is 22.7 Å². The van der Waals surface area contributed by atoms with Gasteiger partial charge in [-0.25, -0.2) is 0 Å². The summed E-state index contributed by atoms with van der Waals surface area (Å²) in [5.74, 6) is 0. The van der Waals surface area contributed by atoms with Crippen molar-refractivity contribution in [2.24, 2.45) is 10.8 Å². The third-order valence-corrected chi connectivity index (χ3v) is 1.20. The first-order valence-electron chi connectivity index (χ1n) is 3.26. The molecule has 3 N–H and O–H groups in total. The minimum Gasteiger partial charge on any atom is -0.381 e. The lowest BCUT2D eigenvalue weighted by Gasteiger charge is -2.03. The molecule has 0 unspecified atom stereocenters. The molecule has 0 bridgehead atoms. The molecule has 0 amide bonds. The third kappa shape index (κ3) is 7.21. The van der Waals surface area contributed by atoms with Crippen molar-refractivity contribution in [2.45, 2.75) is 19.4 Å². The summed E-state index contributed by atoms with van der Waals surface area (Å²) in [7, 11) is 1.65. The van der Waals surface area contributed by atoms with E-state index in [4.69, 9.17) is 10.5 Å². The highest BCUT2D eigenvalue weighted by molar-refractivity contribution is 7.80. The number of rotatable bonds is 4. The van der Waals surface area contributed by atoms with Crippen LogP contribution in [0, 0.1) is 0 Å². The molecule has 0 saturated heterocycles. The van der Waals surface area contributed by atoms with Gasteiger partial charge < -0.3 is 10.5 Å². The standard InChI is InChI=1S/C6H13N3OS/c1-5(10-2)3-4-8-9-6(7)11/h4-5H,3H2,1-2H3,(H3,7,9,11)/b8-4-/t5-/m1/s1. The quantitative estimate of drug-likeness (QED) is 0.365. The van der Waals surface area contributed by atoms with Gasteiger partial charge in [-0.1, -0.05) is 0 Å². The van der Waals surface area contributed by atoms with Crippen molar-refractivity contribution in [1.82, 2.24) is 5.43 Å². The number of thiocarbonyl (C=S) groups is 1. The van der Waals surface area contributed by atoms with Crippen molar-refractivity contribution >= 4 is 23.5 Å². The molecule has 1 atom stereocenters. The summed E-state index contributed by atoms with van der Waals surface area (Å²) >= 11 is 4.52. The maximum atomic E-state index is 5.12. The summed E-state index contributed by atoms with van der Waals surface area (Å²) < 4.78 is 4.97. The average Bonchev–Trinajstić information content (AvgIpc) is 1.97. The molecule has 0 aliphatic carbocycles. The third-order valence-electron chi connectivity index (χ3n) is 1.11. The zero-order valence-electron chi connectivity index (χ0n) is 6.70. The fraction of sp³-hybridized carbons (Fsp3) is 0.667. The van der Waals surface area contributed by atoms with Crippen LogP contribution in [0.5, 0.6) is 0 Å². The average molecular weight is 175 g/mol. The van der Waals surface area contributed by atoms with E-state index in [0.717, 1.165) is 6.42 Å². The van der Waals surface area contributed by atoms with E-state index in [-0.39, 0.29) is 11.2 Å². The van der Waals surface area contributed by atoms with Gasteiger partial charge in [-0.15, -0.1) is 0 Å². The first-order valence-corrected chi connectivity index (χ1v) is 3.67. The number of nitrogens with two attached hydrogens (primary N) is 1. The molecule has 0 aromatic carbocycles. The summed E-state index contributed by atoms with van der Waals surface area (Å²) in [5, 5.41) is 3.91. The SMILES string of the molecule is CO[C@H](C)C/C=N\NC(N)=S. The Bertz CT molecular complexity index is 149. The second kappa shape index (κ2) is 6.06. The van der Waals surface area contributed by atoms with Gasteiger partial charge in [0, 0.05) is 19.7 Å². The largest absolute Gasteiger partial charge is 0.381 e. The zero-order chi connectivity index (χ0) is 8.69. The van der Waals surface area contributed by atoms with E-state index < -0.39 is 0 Å². The van der Waals surface area contributed by atoms with Crippen LogP contribution in [-0.4, -0.2) is 24.5 Å². The molecule has 4 nitrogen and oxygen atoms in total. The summed E-state index contributed by atoms with van der Waals surface area (Å²) in [6.07, 6.45) is 2.59. The van der Waals surface area contributed by atoms with Crippen molar-refractivity contribution in [3.63, 3.8) is 0 Å². The monoisotopic (exact) mass is 175 g/mol. The number of hydrogen-bond donors (Lipinski definition) is 2. The minimum absolute atomic E-state index is 0.173. The Morgan fingerprint density at radius 1 is 1.91 bits per heavy atom. The first-order chi connectivity index (χ1) is 5.16. The van der Waals surface area contributed by atoms with Gasteiger partial charge in [-0.05, 0) is 19.1 Å². The predicted octanol–water partition coefficient (Wildman–Crippen LogP) is 0.230. The van der Waals surface area contributed by atoms with Gasteiger partial charge in [-0.3, -0.25) is 5.43 Å². The van der Waals surface area contributed by atoms with Gasteiger partial charge in [-0.2, -0.15) is 5.10 Å². The molecule has 11 heavy (non-hydrogen) atoms. The Morgan fingerprint density at radius 3 is 3.00 bits per heavy atom. The van der Waals surface area contributed by atoms with Crippen LogP contribution in [-0.2, 0) is 4.74 Å². The molecule has 0 aromatic heterocycles. The Balaban J connectivity index is 3.36. The summed E-state index contributed by atoms with van der Waals surface area (Å²) in [6.45, 7) is 1.95. The molecular weight excluding hydrogens is 162 g/mol. The van der Waals surface area contributed by atoms with Crippen molar-refractivity contribution in [3.8, 4) is 0 Å². The number of methoxy groups -OCH3 is 1. The highest BCUT2D eigenvalue weighted by Gasteiger charge is 1.93. The van der Waals surface area contributed by atoms with Gasteiger partial charge in [0.1, 0.15) is 0 Å². The van der Waals surface area contributed by atoms with Gasteiger partial charge in [0.25, 0.3) is 0 Å². The molecule has 64 valence electrons. The second-order valence-corrected chi connectivity index (χ2v) is 2.51. The smallest absolute Gasteiger partial charge is 0.184 e. The molecule has 0 rings (SSSR count). The van der Waals surface area contributed by atoms with Gasteiger partial charge >= 0.3 is 0 Å². The molecule has 0 heterocycles. The molecule has 0 fully saturated rings. The number of hydrazone groups is 1. The second-order valence-electron chi connectivity index (χ2n) is 2.07. The molecule has 0 aliphatic heterocycles. The summed E-state index contributed by atoms with van der Waals surface area (Å²) in [5.41, 5.74) is 7.57. The highest BCUT2D eigenvalue weighted by atomic mass is 32.1. The van der Waals surface area contributed by atoms with Crippen LogP contribution < -0.4 is 11.2 Å². The van der Waals surface area contributed by atoms with E-state index in [1.54, 1.807) is 13.3 Å². The maximum Gasteiger partial charge on any atom is 0.184 e. The number of ether oxygens (including phenoxy) is 1. The van der Waals surface area contributed by atoms with Crippen LogP contribution in [0.2, 0.25) is 0 Å². The zero-order valence-corrected chi connectivity index (χ0v) is 7.52. The summed E-state index contributed by atoms with van der Waals surface area (Å²) in [6, 6.07) is 0. The van der Waals surface area contributed by atoms with Gasteiger partial charge in [0.2, 0.25) is 0 Å². The number of nitrogens with zero attached hydrogens (tertiary/aromatic N) is 1. The van der Waals surface area contributed by atoms with Crippen molar-refractivity contribution in [1.29, 1.82) is 0 Å². The van der Waals surface area contributed by atoms with Gasteiger partial charge in [0.05, 0.1) is 6.10 Å². The maximum absolute atomic E-state index is 5.12. The lowest BCUT2D eigenvalue weighted by atomic mass is 10.3. The normalized spacial score (nSPS) is 13.3. The van der Waals surface area contributed by atoms with Crippen LogP contribution >= 0.6 is 12.2 Å². The first kappa shape index (κ1) is 10.3. The molecule has 0 saturated carbocycles.